The summed E-state index contributed by atoms with van der Waals surface area (Å²) < 4.78 is 0. The van der Waals surface area contributed by atoms with Gasteiger partial charge >= 0.3 is 0 Å². The van der Waals surface area contributed by atoms with Crippen LogP contribution in [0.3, 0.4) is 0 Å². The Bertz CT molecular complexity index is 4580. The number of hydrogen-bond donors (Lipinski definition) is 0. The zero-order valence-electron chi connectivity index (χ0n) is 72.1. The second kappa shape index (κ2) is 27.5. The third-order valence-corrected chi connectivity index (χ3v) is 23.1. The summed E-state index contributed by atoms with van der Waals surface area (Å²) in [5.41, 5.74) is 32.4. The summed E-state index contributed by atoms with van der Waals surface area (Å²) in [5, 5.41) is 7.09. The summed E-state index contributed by atoms with van der Waals surface area (Å²) >= 11 is 0. The highest BCUT2D eigenvalue weighted by molar-refractivity contribution is 6.33. The number of para-hydroxylation sites is 4. The molecule has 0 heterocycles. The molecule has 0 aliphatic rings. The fourth-order valence-corrected chi connectivity index (χ4v) is 16.3. The zero-order valence-corrected chi connectivity index (χ0v) is 72.1. The Morgan fingerprint density at radius 3 is 0.444 bits per heavy atom. The van der Waals surface area contributed by atoms with Gasteiger partial charge in [-0.1, -0.05) is 287 Å². The predicted octanol–water partition coefficient (Wildman–Crippen LogP) is 31.3. The number of rotatable bonds is 12. The average Bonchev–Trinajstić information content (AvgIpc) is 0.695. The van der Waals surface area contributed by atoms with E-state index in [0.29, 0.717) is 0 Å². The summed E-state index contributed by atoms with van der Waals surface area (Å²) in [7, 11) is 0. The van der Waals surface area contributed by atoms with Crippen LogP contribution in [0.5, 0.6) is 0 Å². The van der Waals surface area contributed by atoms with Gasteiger partial charge in [-0.15, -0.1) is 0 Å². The van der Waals surface area contributed by atoms with E-state index in [9.17, 15) is 0 Å². The van der Waals surface area contributed by atoms with E-state index in [0.717, 1.165) is 45.5 Å². The molecule has 0 saturated heterocycles. The molecule has 0 saturated carbocycles. The molecule has 0 fully saturated rings. The third-order valence-electron chi connectivity index (χ3n) is 23.1. The third kappa shape index (κ3) is 14.9. The predicted molar refractivity (Wildman–Crippen MR) is 476 cm³/mol. The second-order valence-corrected chi connectivity index (χ2v) is 40.3. The molecule has 0 amide bonds. The molecule has 0 spiro atoms. The Balaban J connectivity index is 1.44. The molecule has 0 aliphatic heterocycles. The molecule has 4 heteroatoms. The lowest BCUT2D eigenvalue weighted by Gasteiger charge is -2.38. The maximum Gasteiger partial charge on any atom is 0.0561 e. The van der Waals surface area contributed by atoms with Crippen molar-refractivity contribution < 1.29 is 0 Å². The smallest absolute Gasteiger partial charge is 0.0561 e. The van der Waals surface area contributed by atoms with Gasteiger partial charge in [0.1, 0.15) is 0 Å². The van der Waals surface area contributed by atoms with Crippen LogP contribution in [0.1, 0.15) is 255 Å². The Morgan fingerprint density at radius 2 is 0.315 bits per heavy atom. The lowest BCUT2D eigenvalue weighted by Crippen LogP contribution is -2.22. The minimum absolute atomic E-state index is 0.173. The van der Waals surface area contributed by atoms with Crippen LogP contribution >= 0.6 is 0 Å². The van der Waals surface area contributed by atoms with Gasteiger partial charge in [0.15, 0.2) is 0 Å². The molecular formula is C104H126N4. The molecule has 12 aromatic carbocycles. The first-order valence-electron chi connectivity index (χ1n) is 39.8. The van der Waals surface area contributed by atoms with Gasteiger partial charge in [-0.2, -0.15) is 0 Å². The van der Waals surface area contributed by atoms with Crippen molar-refractivity contribution in [3.8, 4) is 0 Å². The molecule has 0 unspecified atom stereocenters. The van der Waals surface area contributed by atoms with Crippen LogP contribution < -0.4 is 19.6 Å². The van der Waals surface area contributed by atoms with Crippen molar-refractivity contribution >= 4 is 101 Å². The van der Waals surface area contributed by atoms with Gasteiger partial charge in [-0.05, 0) is 248 Å². The normalized spacial score (nSPS) is 13.0. The van der Waals surface area contributed by atoms with Gasteiger partial charge in [0.2, 0.25) is 0 Å². The van der Waals surface area contributed by atoms with Crippen molar-refractivity contribution in [1.29, 1.82) is 0 Å². The number of aryl methyl sites for hydroxylation is 8. The van der Waals surface area contributed by atoms with Crippen LogP contribution in [0.4, 0.5) is 68.2 Å². The molecule has 108 heavy (non-hydrogen) atoms. The molecule has 0 aromatic heterocycles. The van der Waals surface area contributed by atoms with Crippen molar-refractivity contribution in [3.05, 3.63) is 271 Å². The number of nitrogens with zero attached hydrogens (tertiary/aromatic N) is 4. The minimum Gasteiger partial charge on any atom is -0.309 e. The molecule has 0 aliphatic carbocycles. The fraction of sp³-hybridized carbons (Fsp3) is 0.385. The number of anilines is 12. The van der Waals surface area contributed by atoms with Crippen LogP contribution in [-0.4, -0.2) is 0 Å². The summed E-state index contributed by atoms with van der Waals surface area (Å²) in [4.78, 5) is 10.7. The van der Waals surface area contributed by atoms with Gasteiger partial charge in [0.25, 0.3) is 0 Å². The van der Waals surface area contributed by atoms with Crippen LogP contribution in [0.2, 0.25) is 0 Å². The van der Waals surface area contributed by atoms with Crippen molar-refractivity contribution in [2.24, 2.45) is 0 Å². The Hall–Kier alpha value is -9.12. The summed E-state index contributed by atoms with van der Waals surface area (Å²) in [6.07, 6.45) is 0. The van der Waals surface area contributed by atoms with Crippen LogP contribution in [0.15, 0.2) is 182 Å². The molecule has 0 bridgehead atoms. The maximum absolute atomic E-state index is 2.69. The standard InChI is InChI=1S/C104H126N4/c1-63-37-33-38-64(2)93(63)105(79-53-71(97(9,10)11)49-72(54-79)98(12,13)14)87-61-88(106(94-65(3)39-34-40-66(94)4)80-55-73(99(15,16)17)50-74(56-80)100(18,19)20)84-47-48-86-90(108(96-69(7)43-36-44-70(96)8)82-59-77(103(27,28)29)52-78(60-82)104(30,31)32)62-89(85-46-45-83(87)91(84)92(85)86)107(95-67(5)41-35-42-68(95)6)81-57-75(101(21,22)23)51-76(58-81)102(24,25)26/h33-62H,1-32H3. The molecule has 0 radical (unpaired) electrons. The minimum atomic E-state index is -0.173. The SMILES string of the molecule is Cc1cccc(C)c1N(c1cc(C(C)(C)C)cc(C(C)(C)C)c1)c1cc(N(c2cc(C(C)(C)C)cc(C(C)(C)C)c2)c2c(C)cccc2C)c2ccc3c(N(c4cc(C(C)(C)C)cc(C(C)(C)C)c4)c4c(C)cccc4C)cc(N(c4cc(C(C)(C)C)cc(C(C)(C)C)c4)c4c(C)cccc4C)c4ccc1c2c43. The Labute approximate surface area is 652 Å². The van der Waals surface area contributed by atoms with Gasteiger partial charge in [-0.25, -0.2) is 0 Å². The quantitative estimate of drug-likeness (QED) is 0.113. The lowest BCUT2D eigenvalue weighted by molar-refractivity contribution is 0.568. The van der Waals surface area contributed by atoms with Gasteiger partial charge in [0.05, 0.1) is 45.5 Å². The van der Waals surface area contributed by atoms with E-state index in [1.165, 1.54) is 144 Å². The number of hydrogen-bond acceptors (Lipinski definition) is 4. The van der Waals surface area contributed by atoms with Crippen molar-refractivity contribution in [3.63, 3.8) is 0 Å². The van der Waals surface area contributed by atoms with E-state index in [-0.39, 0.29) is 43.3 Å². The molecule has 0 atom stereocenters. The lowest BCUT2D eigenvalue weighted by atomic mass is 9.80. The zero-order chi connectivity index (χ0) is 79.2. The van der Waals surface area contributed by atoms with Crippen LogP contribution in [0, 0.1) is 55.4 Å². The summed E-state index contributed by atoms with van der Waals surface area (Å²) in [6, 6.07) is 72.9. The van der Waals surface area contributed by atoms with Gasteiger partial charge in [0, 0.05) is 55.1 Å². The van der Waals surface area contributed by atoms with Crippen molar-refractivity contribution in [1.82, 2.24) is 0 Å². The van der Waals surface area contributed by atoms with E-state index in [2.05, 4.69) is 423 Å². The molecule has 562 valence electrons. The molecular weight excluding hydrogens is 1310 g/mol. The number of benzene rings is 12. The average molecular weight is 1430 g/mol. The summed E-state index contributed by atoms with van der Waals surface area (Å²) in [6.45, 7) is 75.6. The highest BCUT2D eigenvalue weighted by Crippen LogP contribution is 2.58. The highest BCUT2D eigenvalue weighted by atomic mass is 15.2. The van der Waals surface area contributed by atoms with E-state index in [1.807, 2.05) is 0 Å². The van der Waals surface area contributed by atoms with Crippen LogP contribution in [0.25, 0.3) is 32.3 Å². The Kier molecular flexibility index (Phi) is 20.0. The highest BCUT2D eigenvalue weighted by Gasteiger charge is 2.36. The van der Waals surface area contributed by atoms with Gasteiger partial charge < -0.3 is 19.6 Å². The first-order valence-corrected chi connectivity index (χ1v) is 39.8. The first-order chi connectivity index (χ1) is 49.9. The molecule has 12 aromatic rings. The van der Waals surface area contributed by atoms with E-state index >= 15 is 0 Å². The Morgan fingerprint density at radius 1 is 0.176 bits per heavy atom. The second-order valence-electron chi connectivity index (χ2n) is 40.3. The molecule has 12 rings (SSSR count). The topological polar surface area (TPSA) is 13.0 Å². The fourth-order valence-electron chi connectivity index (χ4n) is 16.3. The van der Waals surface area contributed by atoms with Crippen molar-refractivity contribution in [2.45, 2.75) is 265 Å². The molecule has 0 N–H and O–H groups in total. The maximum atomic E-state index is 2.69. The molecule has 4 nitrogen and oxygen atoms in total. The van der Waals surface area contributed by atoms with Crippen LogP contribution in [-0.2, 0) is 43.3 Å². The van der Waals surface area contributed by atoms with E-state index in [1.54, 1.807) is 0 Å². The monoisotopic (exact) mass is 1430 g/mol. The van der Waals surface area contributed by atoms with E-state index < -0.39 is 0 Å². The summed E-state index contributed by atoms with van der Waals surface area (Å²) in [5.74, 6) is 0. The van der Waals surface area contributed by atoms with E-state index in [4.69, 9.17) is 0 Å². The van der Waals surface area contributed by atoms with Gasteiger partial charge in [-0.3, -0.25) is 0 Å². The largest absolute Gasteiger partial charge is 0.309 e. The first kappa shape index (κ1) is 78.5. The van der Waals surface area contributed by atoms with Crippen molar-refractivity contribution in [2.75, 3.05) is 19.6 Å².